The van der Waals surface area contributed by atoms with Gasteiger partial charge in [0.05, 0.1) is 6.10 Å². The Hall–Kier alpha value is -2.08. The number of carbonyl (C=O) groups excluding carboxylic acids is 1. The highest BCUT2D eigenvalue weighted by atomic mass is 16.4. The molecule has 1 aromatic carbocycles. The molecule has 2 heterocycles. The van der Waals surface area contributed by atoms with Crippen LogP contribution in [-0.2, 0) is 17.8 Å². The van der Waals surface area contributed by atoms with Gasteiger partial charge in [-0.05, 0) is 17.5 Å². The van der Waals surface area contributed by atoms with Crippen LogP contribution in [-0.4, -0.2) is 57.2 Å². The quantitative estimate of drug-likeness (QED) is 0.797. The third-order valence-corrected chi connectivity index (χ3v) is 4.21. The molecule has 6 heteroatoms. The fourth-order valence-electron chi connectivity index (χ4n) is 3.04. The van der Waals surface area contributed by atoms with Crippen LogP contribution in [0.4, 0.5) is 4.79 Å². The minimum Gasteiger partial charge on any atom is -0.480 e. The van der Waals surface area contributed by atoms with Crippen molar-refractivity contribution in [2.45, 2.75) is 31.5 Å². The first kappa shape index (κ1) is 13.9. The zero-order valence-corrected chi connectivity index (χ0v) is 11.6. The predicted octanol–water partition coefficient (Wildman–Crippen LogP) is 0.685. The highest BCUT2D eigenvalue weighted by Crippen LogP contribution is 2.25. The van der Waals surface area contributed by atoms with E-state index in [1.165, 1.54) is 9.80 Å². The second kappa shape index (κ2) is 5.37. The molecule has 0 aromatic heterocycles. The van der Waals surface area contributed by atoms with Gasteiger partial charge in [-0.25, -0.2) is 9.59 Å². The third kappa shape index (κ3) is 2.58. The number of hydrogen-bond donors (Lipinski definition) is 2. The van der Waals surface area contributed by atoms with Gasteiger partial charge in [0.15, 0.2) is 0 Å². The number of amides is 2. The Morgan fingerprint density at radius 3 is 2.52 bits per heavy atom. The van der Waals surface area contributed by atoms with Crippen LogP contribution in [0.15, 0.2) is 24.3 Å². The molecular weight excluding hydrogens is 272 g/mol. The van der Waals surface area contributed by atoms with Gasteiger partial charge in [0.25, 0.3) is 0 Å². The Labute approximate surface area is 122 Å². The molecule has 0 radical (unpaired) electrons. The summed E-state index contributed by atoms with van der Waals surface area (Å²) in [6.45, 7) is 1.06. The molecule has 1 fully saturated rings. The monoisotopic (exact) mass is 290 g/mol. The van der Waals surface area contributed by atoms with Crippen LogP contribution in [0.25, 0.3) is 0 Å². The second-order valence-electron chi connectivity index (χ2n) is 5.63. The van der Waals surface area contributed by atoms with Crippen LogP contribution < -0.4 is 0 Å². The first-order valence-electron chi connectivity index (χ1n) is 7.09. The van der Waals surface area contributed by atoms with E-state index in [-0.39, 0.29) is 12.6 Å². The lowest BCUT2D eigenvalue weighted by Crippen LogP contribution is -2.53. The van der Waals surface area contributed by atoms with Gasteiger partial charge < -0.3 is 20.0 Å². The van der Waals surface area contributed by atoms with Gasteiger partial charge in [-0.3, -0.25) is 0 Å². The largest absolute Gasteiger partial charge is 0.480 e. The fourth-order valence-corrected chi connectivity index (χ4v) is 3.04. The minimum atomic E-state index is -0.988. The molecule has 1 saturated heterocycles. The van der Waals surface area contributed by atoms with Crippen molar-refractivity contribution < 1.29 is 19.8 Å². The van der Waals surface area contributed by atoms with Crippen molar-refractivity contribution in [3.05, 3.63) is 35.4 Å². The number of β-amino-alcohol motifs (C(OH)–C–C–N with tert-alkyl or cyclic N) is 1. The van der Waals surface area contributed by atoms with Gasteiger partial charge in [-0.15, -0.1) is 0 Å². The number of carbonyl (C=O) groups is 2. The average Bonchev–Trinajstić information content (AvgIpc) is 2.91. The summed E-state index contributed by atoms with van der Waals surface area (Å²) < 4.78 is 0. The smallest absolute Gasteiger partial charge is 0.326 e. The van der Waals surface area contributed by atoms with Crippen molar-refractivity contribution in [3.8, 4) is 0 Å². The number of urea groups is 1. The molecule has 3 rings (SSSR count). The van der Waals surface area contributed by atoms with Gasteiger partial charge >= 0.3 is 12.0 Å². The number of likely N-dealkylation sites (tertiary alicyclic amines) is 1. The standard InChI is InChI=1S/C15H18N2O4/c18-12-5-6-16(9-12)15(21)17-8-11-4-2-1-3-10(11)7-13(17)14(19)20/h1-4,12-13,18H,5-9H2,(H,19,20)/t12?,13-/m1/s1. The normalized spacial score (nSPS) is 24.8. The van der Waals surface area contributed by atoms with Gasteiger partial charge in [0, 0.05) is 26.1 Å². The van der Waals surface area contributed by atoms with Crippen molar-refractivity contribution >= 4 is 12.0 Å². The summed E-state index contributed by atoms with van der Waals surface area (Å²) in [5.74, 6) is -0.988. The molecule has 2 N–H and O–H groups in total. The molecule has 2 aliphatic heterocycles. The Bertz CT molecular complexity index is 575. The summed E-state index contributed by atoms with van der Waals surface area (Å²) in [6, 6.07) is 6.46. The summed E-state index contributed by atoms with van der Waals surface area (Å²) in [5, 5.41) is 19.0. The van der Waals surface area contributed by atoms with E-state index in [9.17, 15) is 19.8 Å². The number of fused-ring (bicyclic) bond motifs is 1. The number of carboxylic acids is 1. The number of aliphatic hydroxyl groups excluding tert-OH is 1. The Balaban J connectivity index is 1.85. The van der Waals surface area contributed by atoms with E-state index >= 15 is 0 Å². The lowest BCUT2D eigenvalue weighted by Gasteiger charge is -2.36. The van der Waals surface area contributed by atoms with Crippen LogP contribution in [0.1, 0.15) is 17.5 Å². The summed E-state index contributed by atoms with van der Waals surface area (Å²) >= 11 is 0. The van der Waals surface area contributed by atoms with Crippen LogP contribution in [0.3, 0.4) is 0 Å². The van der Waals surface area contributed by atoms with Crippen molar-refractivity contribution in [3.63, 3.8) is 0 Å². The lowest BCUT2D eigenvalue weighted by molar-refractivity contribution is -0.142. The van der Waals surface area contributed by atoms with E-state index in [4.69, 9.17) is 0 Å². The second-order valence-corrected chi connectivity index (χ2v) is 5.63. The molecule has 112 valence electrons. The summed E-state index contributed by atoms with van der Waals surface area (Å²) in [7, 11) is 0. The van der Waals surface area contributed by atoms with E-state index in [1.54, 1.807) is 0 Å². The summed E-state index contributed by atoms with van der Waals surface area (Å²) in [6.07, 6.45) is 0.371. The molecule has 1 aromatic rings. The van der Waals surface area contributed by atoms with Gasteiger partial charge in [-0.2, -0.15) is 0 Å². The van der Waals surface area contributed by atoms with Crippen molar-refractivity contribution in [1.29, 1.82) is 0 Å². The molecule has 1 unspecified atom stereocenters. The van der Waals surface area contributed by atoms with Gasteiger partial charge in [0.1, 0.15) is 6.04 Å². The Kier molecular flexibility index (Phi) is 3.55. The van der Waals surface area contributed by atoms with E-state index in [1.807, 2.05) is 24.3 Å². The minimum absolute atomic E-state index is 0.281. The van der Waals surface area contributed by atoms with Crippen LogP contribution in [0.2, 0.25) is 0 Å². The SMILES string of the molecule is O=C(O)[C@H]1Cc2ccccc2CN1C(=O)N1CCC(O)C1. The molecule has 2 aliphatic rings. The first-order chi connectivity index (χ1) is 10.1. The Morgan fingerprint density at radius 2 is 1.90 bits per heavy atom. The van der Waals surface area contributed by atoms with Crippen molar-refractivity contribution in [2.24, 2.45) is 0 Å². The number of aliphatic carboxylic acids is 1. The zero-order chi connectivity index (χ0) is 15.0. The lowest BCUT2D eigenvalue weighted by atomic mass is 9.94. The number of rotatable bonds is 1. The third-order valence-electron chi connectivity index (χ3n) is 4.21. The van der Waals surface area contributed by atoms with E-state index in [2.05, 4.69) is 0 Å². The van der Waals surface area contributed by atoms with Crippen LogP contribution in [0, 0.1) is 0 Å². The number of nitrogens with zero attached hydrogens (tertiary/aromatic N) is 2. The van der Waals surface area contributed by atoms with Crippen molar-refractivity contribution in [1.82, 2.24) is 9.80 Å². The zero-order valence-electron chi connectivity index (χ0n) is 11.6. The molecule has 0 spiro atoms. The number of benzene rings is 1. The molecule has 2 amide bonds. The highest BCUT2D eigenvalue weighted by molar-refractivity contribution is 5.83. The predicted molar refractivity (Wildman–Crippen MR) is 74.7 cm³/mol. The van der Waals surface area contributed by atoms with E-state index in [0.29, 0.717) is 25.9 Å². The fraction of sp³-hybridized carbons (Fsp3) is 0.467. The number of aliphatic hydroxyl groups is 1. The maximum absolute atomic E-state index is 12.5. The van der Waals surface area contributed by atoms with Gasteiger partial charge in [-0.1, -0.05) is 24.3 Å². The summed E-state index contributed by atoms with van der Waals surface area (Å²) in [5.41, 5.74) is 1.97. The maximum atomic E-state index is 12.5. The number of hydrogen-bond acceptors (Lipinski definition) is 3. The average molecular weight is 290 g/mol. The molecule has 0 aliphatic carbocycles. The van der Waals surface area contributed by atoms with E-state index in [0.717, 1.165) is 11.1 Å². The number of carboxylic acid groups (broad SMARTS) is 1. The highest BCUT2D eigenvalue weighted by Gasteiger charge is 2.38. The maximum Gasteiger partial charge on any atom is 0.326 e. The molecule has 21 heavy (non-hydrogen) atoms. The molecule has 2 atom stereocenters. The van der Waals surface area contributed by atoms with E-state index < -0.39 is 18.1 Å². The van der Waals surface area contributed by atoms with Crippen LogP contribution >= 0.6 is 0 Å². The molecule has 0 saturated carbocycles. The van der Waals surface area contributed by atoms with Gasteiger partial charge in [0.2, 0.25) is 0 Å². The molecular formula is C15H18N2O4. The topological polar surface area (TPSA) is 81.1 Å². The van der Waals surface area contributed by atoms with Crippen molar-refractivity contribution in [2.75, 3.05) is 13.1 Å². The molecule has 0 bridgehead atoms. The summed E-state index contributed by atoms with van der Waals surface area (Å²) in [4.78, 5) is 27.0. The Morgan fingerprint density at radius 1 is 1.19 bits per heavy atom. The first-order valence-corrected chi connectivity index (χ1v) is 7.09. The van der Waals surface area contributed by atoms with Crippen LogP contribution in [0.5, 0.6) is 0 Å². The molecule has 6 nitrogen and oxygen atoms in total.